The van der Waals surface area contributed by atoms with Crippen LogP contribution >= 0.6 is 0 Å². The molecule has 0 bridgehead atoms. The molecular weight excluding hydrogens is 488 g/mol. The summed E-state index contributed by atoms with van der Waals surface area (Å²) in [7, 11) is 0. The van der Waals surface area contributed by atoms with Gasteiger partial charge >= 0.3 is 0 Å². The van der Waals surface area contributed by atoms with Crippen LogP contribution in [0.4, 0.5) is 0 Å². The average molecular weight is 513 g/mol. The molecule has 0 fully saturated rings. The molecule has 0 N–H and O–H groups in total. The van der Waals surface area contributed by atoms with Crippen LogP contribution in [0.3, 0.4) is 0 Å². The number of pyridine rings is 1. The van der Waals surface area contributed by atoms with Gasteiger partial charge in [0.25, 0.3) is 0 Å². The average Bonchev–Trinajstić information content (AvgIpc) is 3.57. The van der Waals surface area contributed by atoms with E-state index in [0.717, 1.165) is 72.3 Å². The van der Waals surface area contributed by atoms with Crippen LogP contribution < -0.4 is 0 Å². The van der Waals surface area contributed by atoms with Crippen molar-refractivity contribution in [2.45, 2.75) is 0 Å². The van der Waals surface area contributed by atoms with Gasteiger partial charge in [0.1, 0.15) is 11.1 Å². The Labute approximate surface area is 231 Å². The van der Waals surface area contributed by atoms with Gasteiger partial charge in [0, 0.05) is 27.6 Å². The lowest BCUT2D eigenvalue weighted by molar-refractivity contribution is 0.673. The van der Waals surface area contributed by atoms with Gasteiger partial charge < -0.3 is 8.98 Å². The number of hydrogen-bond donors (Lipinski definition) is 0. The Morgan fingerprint density at radius 3 is 1.73 bits per heavy atom. The molecule has 40 heavy (non-hydrogen) atoms. The van der Waals surface area contributed by atoms with Crippen molar-refractivity contribution in [1.29, 1.82) is 0 Å². The molecule has 188 valence electrons. The molecule has 3 nitrogen and oxygen atoms in total. The first-order valence-corrected chi connectivity index (χ1v) is 13.5. The lowest BCUT2D eigenvalue weighted by Crippen LogP contribution is -1.94. The molecule has 3 heteroatoms. The van der Waals surface area contributed by atoms with E-state index in [1.165, 1.54) is 0 Å². The van der Waals surface area contributed by atoms with E-state index in [1.807, 2.05) is 24.3 Å². The van der Waals surface area contributed by atoms with Gasteiger partial charge in [0.15, 0.2) is 5.58 Å². The molecule has 0 saturated carbocycles. The summed E-state index contributed by atoms with van der Waals surface area (Å²) in [6, 6.07) is 50.7. The van der Waals surface area contributed by atoms with Crippen molar-refractivity contribution in [2.24, 2.45) is 0 Å². The van der Waals surface area contributed by atoms with Gasteiger partial charge in [0.05, 0.1) is 16.9 Å². The second-order valence-electron chi connectivity index (χ2n) is 10.0. The predicted octanol–water partition coefficient (Wildman–Crippen LogP) is 9.93. The van der Waals surface area contributed by atoms with Gasteiger partial charge in [0.2, 0.25) is 0 Å². The number of benzene rings is 5. The maximum Gasteiger partial charge on any atom is 0.161 e. The van der Waals surface area contributed by atoms with Crippen LogP contribution in [0.15, 0.2) is 150 Å². The number of para-hydroxylation sites is 2. The first-order valence-electron chi connectivity index (χ1n) is 13.5. The van der Waals surface area contributed by atoms with Crippen molar-refractivity contribution in [3.05, 3.63) is 146 Å². The van der Waals surface area contributed by atoms with Crippen molar-refractivity contribution in [3.8, 4) is 39.3 Å². The zero-order chi connectivity index (χ0) is 26.5. The molecule has 0 spiro atoms. The monoisotopic (exact) mass is 512 g/mol. The fraction of sp³-hybridized carbons (Fsp3) is 0. The topological polar surface area (TPSA) is 31.0 Å². The van der Waals surface area contributed by atoms with E-state index in [2.05, 4.69) is 126 Å². The maximum atomic E-state index is 6.34. The van der Waals surface area contributed by atoms with Crippen LogP contribution in [0.5, 0.6) is 0 Å². The number of aromatic nitrogens is 2. The van der Waals surface area contributed by atoms with Crippen LogP contribution in [0, 0.1) is 0 Å². The summed E-state index contributed by atoms with van der Waals surface area (Å²) >= 11 is 0. The third-order valence-corrected chi connectivity index (χ3v) is 7.61. The zero-order valence-electron chi connectivity index (χ0n) is 21.7. The normalized spacial score (nSPS) is 11.5. The van der Waals surface area contributed by atoms with Gasteiger partial charge in [-0.25, -0.2) is 4.98 Å². The van der Waals surface area contributed by atoms with E-state index < -0.39 is 0 Å². The zero-order valence-corrected chi connectivity index (χ0v) is 21.7. The fourth-order valence-electron chi connectivity index (χ4n) is 5.70. The van der Waals surface area contributed by atoms with Gasteiger partial charge in [-0.1, -0.05) is 97.1 Å². The van der Waals surface area contributed by atoms with Crippen LogP contribution in [-0.2, 0) is 0 Å². The molecule has 0 atom stereocenters. The minimum atomic E-state index is 0.905. The Morgan fingerprint density at radius 2 is 1.05 bits per heavy atom. The van der Waals surface area contributed by atoms with E-state index in [4.69, 9.17) is 9.40 Å². The highest BCUT2D eigenvalue weighted by Gasteiger charge is 2.19. The lowest BCUT2D eigenvalue weighted by Gasteiger charge is -2.12. The molecule has 0 aliphatic rings. The molecule has 0 saturated heterocycles. The van der Waals surface area contributed by atoms with Gasteiger partial charge in [-0.2, -0.15) is 0 Å². The highest BCUT2D eigenvalue weighted by atomic mass is 16.3. The standard InChI is InChI=1S/C37H24N2O/c1-3-11-26(12-4-1)32-23-28(24-33(38-32)27-13-5-2-6-14-27)25-19-21-29(22-20-25)39-34-17-9-7-15-30(34)37-36(39)31-16-8-10-18-35(31)40-37/h1-24H. The van der Waals surface area contributed by atoms with Crippen molar-refractivity contribution < 1.29 is 4.42 Å². The summed E-state index contributed by atoms with van der Waals surface area (Å²) in [5.41, 5.74) is 11.6. The van der Waals surface area contributed by atoms with Crippen LogP contribution in [-0.4, -0.2) is 9.55 Å². The predicted molar refractivity (Wildman–Crippen MR) is 165 cm³/mol. The molecule has 0 amide bonds. The molecule has 3 aromatic heterocycles. The highest BCUT2D eigenvalue weighted by Crippen LogP contribution is 2.39. The van der Waals surface area contributed by atoms with Crippen LogP contribution in [0.25, 0.3) is 72.3 Å². The van der Waals surface area contributed by atoms with Gasteiger partial charge in [-0.05, 0) is 59.7 Å². The Kier molecular flexibility index (Phi) is 5.14. The van der Waals surface area contributed by atoms with Crippen molar-refractivity contribution in [3.63, 3.8) is 0 Å². The largest absolute Gasteiger partial charge is 0.454 e. The molecular formula is C37H24N2O. The van der Waals surface area contributed by atoms with Crippen molar-refractivity contribution >= 4 is 33.0 Å². The number of furan rings is 1. The Balaban J connectivity index is 1.29. The second-order valence-corrected chi connectivity index (χ2v) is 10.0. The smallest absolute Gasteiger partial charge is 0.161 e. The van der Waals surface area contributed by atoms with Crippen LogP contribution in [0.1, 0.15) is 0 Å². The fourth-order valence-corrected chi connectivity index (χ4v) is 5.70. The Hall–Kier alpha value is -5.41. The van der Waals surface area contributed by atoms with E-state index in [1.54, 1.807) is 0 Å². The summed E-state index contributed by atoms with van der Waals surface area (Å²) in [6.45, 7) is 0. The molecule has 0 unspecified atom stereocenters. The maximum absolute atomic E-state index is 6.34. The van der Waals surface area contributed by atoms with E-state index in [0.29, 0.717) is 0 Å². The highest BCUT2D eigenvalue weighted by molar-refractivity contribution is 6.16. The molecule has 0 aliphatic heterocycles. The Bertz CT molecular complexity index is 2070. The summed E-state index contributed by atoms with van der Waals surface area (Å²) in [5, 5.41) is 2.24. The van der Waals surface area contributed by atoms with Crippen LogP contribution in [0.2, 0.25) is 0 Å². The quantitative estimate of drug-likeness (QED) is 0.235. The van der Waals surface area contributed by atoms with Gasteiger partial charge in [-0.3, -0.25) is 0 Å². The molecule has 3 heterocycles. The first kappa shape index (κ1) is 22.6. The van der Waals surface area contributed by atoms with E-state index in [9.17, 15) is 0 Å². The number of fused-ring (bicyclic) bond motifs is 5. The molecule has 0 radical (unpaired) electrons. The third kappa shape index (κ3) is 3.63. The van der Waals surface area contributed by atoms with E-state index in [-0.39, 0.29) is 0 Å². The number of hydrogen-bond acceptors (Lipinski definition) is 2. The second kappa shape index (κ2) is 9.11. The minimum Gasteiger partial charge on any atom is -0.454 e. The lowest BCUT2D eigenvalue weighted by atomic mass is 10.00. The molecule has 8 rings (SSSR count). The van der Waals surface area contributed by atoms with Gasteiger partial charge in [-0.15, -0.1) is 0 Å². The van der Waals surface area contributed by atoms with Crippen molar-refractivity contribution in [2.75, 3.05) is 0 Å². The number of rotatable bonds is 4. The Morgan fingerprint density at radius 1 is 0.475 bits per heavy atom. The third-order valence-electron chi connectivity index (χ3n) is 7.61. The minimum absolute atomic E-state index is 0.905. The molecule has 8 aromatic rings. The van der Waals surface area contributed by atoms with Crippen molar-refractivity contribution in [1.82, 2.24) is 9.55 Å². The molecule has 5 aromatic carbocycles. The number of nitrogens with zero attached hydrogens (tertiary/aromatic N) is 2. The summed E-state index contributed by atoms with van der Waals surface area (Å²) < 4.78 is 8.66. The SMILES string of the molecule is c1ccc(-c2cc(-c3ccc(-n4c5ccccc5c5oc6ccccc6c54)cc3)cc(-c3ccccc3)n2)cc1. The summed E-state index contributed by atoms with van der Waals surface area (Å²) in [6.07, 6.45) is 0. The first-order chi connectivity index (χ1) is 19.8. The summed E-state index contributed by atoms with van der Waals surface area (Å²) in [5.74, 6) is 0. The summed E-state index contributed by atoms with van der Waals surface area (Å²) in [4.78, 5) is 5.03. The molecule has 0 aliphatic carbocycles. The van der Waals surface area contributed by atoms with E-state index >= 15 is 0 Å².